The smallest absolute Gasteiger partial charge is 0.236 e. The highest BCUT2D eigenvalue weighted by Crippen LogP contribution is 2.18. The van der Waals surface area contributed by atoms with Gasteiger partial charge in [0.1, 0.15) is 0 Å². The zero-order valence-corrected chi connectivity index (χ0v) is 16.1. The van der Waals surface area contributed by atoms with E-state index in [9.17, 15) is 9.59 Å². The molecule has 0 aliphatic carbocycles. The standard InChI is InChI=1S/C19H36N4O2/c1-3-10-21(11-4-2)12-6-8-18(24)22-13-5-7-17(16-22)23-14-9-20-15-19(23)25/h17,20H,3-16H2,1-2H3. The molecular weight excluding hydrogens is 316 g/mol. The van der Waals surface area contributed by atoms with Crippen LogP contribution in [0.1, 0.15) is 52.4 Å². The van der Waals surface area contributed by atoms with Gasteiger partial charge in [-0.05, 0) is 51.7 Å². The van der Waals surface area contributed by atoms with E-state index in [1.165, 1.54) is 12.8 Å². The summed E-state index contributed by atoms with van der Waals surface area (Å²) in [6.45, 7) is 11.3. The topological polar surface area (TPSA) is 55.9 Å². The van der Waals surface area contributed by atoms with Gasteiger partial charge in [-0.15, -0.1) is 0 Å². The minimum atomic E-state index is 0.181. The zero-order chi connectivity index (χ0) is 18.1. The van der Waals surface area contributed by atoms with Crippen LogP contribution in [0, 0.1) is 0 Å². The highest BCUT2D eigenvalue weighted by Gasteiger charge is 2.31. The van der Waals surface area contributed by atoms with Gasteiger partial charge in [-0.3, -0.25) is 9.59 Å². The normalized spacial score (nSPS) is 21.9. The van der Waals surface area contributed by atoms with Crippen LogP contribution in [0.15, 0.2) is 0 Å². The van der Waals surface area contributed by atoms with Crippen molar-refractivity contribution in [3.63, 3.8) is 0 Å². The van der Waals surface area contributed by atoms with Gasteiger partial charge in [-0.25, -0.2) is 0 Å². The summed E-state index contributed by atoms with van der Waals surface area (Å²) in [6, 6.07) is 0.212. The Hall–Kier alpha value is -1.14. The molecule has 0 aromatic rings. The largest absolute Gasteiger partial charge is 0.341 e. The van der Waals surface area contributed by atoms with Crippen LogP contribution < -0.4 is 5.32 Å². The van der Waals surface area contributed by atoms with Crippen molar-refractivity contribution >= 4 is 11.8 Å². The van der Waals surface area contributed by atoms with Gasteiger partial charge in [0.05, 0.1) is 6.54 Å². The molecule has 144 valence electrons. The summed E-state index contributed by atoms with van der Waals surface area (Å²) in [7, 11) is 0. The molecule has 0 aromatic carbocycles. The van der Waals surface area contributed by atoms with Crippen LogP contribution in [-0.4, -0.2) is 84.9 Å². The lowest BCUT2D eigenvalue weighted by Gasteiger charge is -2.41. The Kier molecular flexibility index (Phi) is 8.68. The molecular formula is C19H36N4O2. The Morgan fingerprint density at radius 2 is 1.96 bits per heavy atom. The first kappa shape index (κ1) is 20.2. The van der Waals surface area contributed by atoms with Gasteiger partial charge in [0.25, 0.3) is 0 Å². The molecule has 0 radical (unpaired) electrons. The number of piperidine rings is 1. The molecule has 0 saturated carbocycles. The summed E-state index contributed by atoms with van der Waals surface area (Å²) in [4.78, 5) is 31.1. The number of nitrogens with zero attached hydrogens (tertiary/aromatic N) is 3. The van der Waals surface area contributed by atoms with Crippen LogP contribution in [0.3, 0.4) is 0 Å². The summed E-state index contributed by atoms with van der Waals surface area (Å²) in [5.74, 6) is 0.445. The van der Waals surface area contributed by atoms with Gasteiger partial charge in [-0.1, -0.05) is 13.8 Å². The van der Waals surface area contributed by atoms with Gasteiger partial charge >= 0.3 is 0 Å². The Morgan fingerprint density at radius 3 is 2.64 bits per heavy atom. The molecule has 2 amide bonds. The number of rotatable bonds is 9. The third-order valence-electron chi connectivity index (χ3n) is 5.26. The van der Waals surface area contributed by atoms with E-state index in [0.717, 1.165) is 65.1 Å². The molecule has 1 unspecified atom stereocenters. The summed E-state index contributed by atoms with van der Waals surface area (Å²) >= 11 is 0. The van der Waals surface area contributed by atoms with E-state index >= 15 is 0 Å². The van der Waals surface area contributed by atoms with E-state index in [0.29, 0.717) is 13.0 Å². The molecule has 2 rings (SSSR count). The molecule has 6 heteroatoms. The van der Waals surface area contributed by atoms with Crippen molar-refractivity contribution in [2.24, 2.45) is 0 Å². The number of hydrogen-bond donors (Lipinski definition) is 1. The van der Waals surface area contributed by atoms with Gasteiger partial charge in [0.15, 0.2) is 0 Å². The predicted molar refractivity (Wildman–Crippen MR) is 100 cm³/mol. The van der Waals surface area contributed by atoms with Crippen molar-refractivity contribution in [3.8, 4) is 0 Å². The molecule has 0 spiro atoms. The van der Waals surface area contributed by atoms with E-state index in [2.05, 4.69) is 24.1 Å². The lowest BCUT2D eigenvalue weighted by Crippen LogP contribution is -2.57. The summed E-state index contributed by atoms with van der Waals surface area (Å²) in [6.07, 6.45) is 5.93. The fraction of sp³-hybridized carbons (Fsp3) is 0.895. The van der Waals surface area contributed by atoms with Crippen LogP contribution in [0.4, 0.5) is 0 Å². The fourth-order valence-corrected chi connectivity index (χ4v) is 4.02. The molecule has 2 aliphatic rings. The van der Waals surface area contributed by atoms with Crippen LogP contribution in [0.25, 0.3) is 0 Å². The van der Waals surface area contributed by atoms with Crippen LogP contribution >= 0.6 is 0 Å². The van der Waals surface area contributed by atoms with Crippen LogP contribution in [0.2, 0.25) is 0 Å². The van der Waals surface area contributed by atoms with Crippen molar-refractivity contribution in [2.45, 2.75) is 58.4 Å². The number of piperazine rings is 1. The van der Waals surface area contributed by atoms with E-state index in [1.54, 1.807) is 0 Å². The maximum Gasteiger partial charge on any atom is 0.236 e. The van der Waals surface area contributed by atoms with Gasteiger partial charge < -0.3 is 20.0 Å². The van der Waals surface area contributed by atoms with Crippen LogP contribution in [0.5, 0.6) is 0 Å². The average molecular weight is 353 g/mol. The molecule has 0 bridgehead atoms. The highest BCUT2D eigenvalue weighted by atomic mass is 16.2. The summed E-state index contributed by atoms with van der Waals surface area (Å²) in [5, 5.41) is 3.12. The highest BCUT2D eigenvalue weighted by molar-refractivity contribution is 5.80. The van der Waals surface area contributed by atoms with Crippen molar-refractivity contribution < 1.29 is 9.59 Å². The molecule has 6 nitrogen and oxygen atoms in total. The first-order chi connectivity index (χ1) is 12.2. The minimum absolute atomic E-state index is 0.181. The predicted octanol–water partition coefficient (Wildman–Crippen LogP) is 1.31. The maximum atomic E-state index is 12.6. The first-order valence-electron chi connectivity index (χ1n) is 10.2. The van der Waals surface area contributed by atoms with Crippen molar-refractivity contribution in [2.75, 3.05) is 52.4 Å². The number of carbonyl (C=O) groups is 2. The molecule has 2 fully saturated rings. The molecule has 1 atom stereocenters. The molecule has 25 heavy (non-hydrogen) atoms. The van der Waals surface area contributed by atoms with Gasteiger partial charge in [0, 0.05) is 38.6 Å². The minimum Gasteiger partial charge on any atom is -0.341 e. The van der Waals surface area contributed by atoms with E-state index in [-0.39, 0.29) is 17.9 Å². The van der Waals surface area contributed by atoms with E-state index in [1.807, 2.05) is 9.80 Å². The zero-order valence-electron chi connectivity index (χ0n) is 16.1. The Morgan fingerprint density at radius 1 is 1.20 bits per heavy atom. The number of amides is 2. The average Bonchev–Trinajstić information content (AvgIpc) is 2.62. The third kappa shape index (κ3) is 6.26. The lowest BCUT2D eigenvalue weighted by atomic mass is 10.0. The van der Waals surface area contributed by atoms with E-state index in [4.69, 9.17) is 0 Å². The van der Waals surface area contributed by atoms with Crippen molar-refractivity contribution in [3.05, 3.63) is 0 Å². The third-order valence-corrected chi connectivity index (χ3v) is 5.26. The molecule has 0 aromatic heterocycles. The Balaban J connectivity index is 1.76. The summed E-state index contributed by atoms with van der Waals surface area (Å²) < 4.78 is 0. The molecule has 2 aliphatic heterocycles. The summed E-state index contributed by atoms with van der Waals surface area (Å²) in [5.41, 5.74) is 0. The number of carbonyl (C=O) groups excluding carboxylic acids is 2. The van der Waals surface area contributed by atoms with Crippen molar-refractivity contribution in [1.82, 2.24) is 20.0 Å². The van der Waals surface area contributed by atoms with Gasteiger partial charge in [0.2, 0.25) is 11.8 Å². The maximum absolute atomic E-state index is 12.6. The molecule has 1 N–H and O–H groups in total. The number of hydrogen-bond acceptors (Lipinski definition) is 4. The van der Waals surface area contributed by atoms with Gasteiger partial charge in [-0.2, -0.15) is 0 Å². The second kappa shape index (κ2) is 10.8. The first-order valence-corrected chi connectivity index (χ1v) is 10.2. The fourth-order valence-electron chi connectivity index (χ4n) is 4.02. The SMILES string of the molecule is CCCN(CCC)CCCC(=O)N1CCCC(N2CCNCC2=O)C1. The van der Waals surface area contributed by atoms with Crippen molar-refractivity contribution in [1.29, 1.82) is 0 Å². The number of nitrogens with one attached hydrogen (secondary N) is 1. The van der Waals surface area contributed by atoms with Crippen LogP contribution in [-0.2, 0) is 9.59 Å². The monoisotopic (exact) mass is 352 g/mol. The quantitative estimate of drug-likeness (QED) is 0.680. The Bertz CT molecular complexity index is 424. The van der Waals surface area contributed by atoms with E-state index < -0.39 is 0 Å². The second-order valence-corrected chi connectivity index (χ2v) is 7.34. The second-order valence-electron chi connectivity index (χ2n) is 7.34. The number of likely N-dealkylation sites (tertiary alicyclic amines) is 1. The lowest BCUT2D eigenvalue weighted by molar-refractivity contribution is -0.140. The Labute approximate surface area is 152 Å². The molecule has 2 saturated heterocycles. The molecule has 2 heterocycles.